The number of sulfonamides is 1. The second-order valence-corrected chi connectivity index (χ2v) is 9.22. The molecule has 1 saturated carbocycles. The molecule has 1 aromatic carbocycles. The van der Waals surface area contributed by atoms with Crippen molar-refractivity contribution in [1.29, 1.82) is 0 Å². The highest BCUT2D eigenvalue weighted by Gasteiger charge is 2.18. The van der Waals surface area contributed by atoms with Gasteiger partial charge in [0.1, 0.15) is 0 Å². The summed E-state index contributed by atoms with van der Waals surface area (Å²) in [5.41, 5.74) is 0.441. The van der Waals surface area contributed by atoms with Gasteiger partial charge in [-0.3, -0.25) is 9.59 Å². The van der Waals surface area contributed by atoms with E-state index in [0.717, 1.165) is 10.7 Å². The molecule has 0 unspecified atom stereocenters. The summed E-state index contributed by atoms with van der Waals surface area (Å²) in [6.07, 6.45) is 7.26. The Balaban J connectivity index is 1.74. The fraction of sp³-hybridized carbons (Fsp3) is 0.579. The van der Waals surface area contributed by atoms with Crippen LogP contribution >= 0.6 is 0 Å². The third kappa shape index (κ3) is 6.62. The average Bonchev–Trinajstić information content (AvgIpc) is 2.66. The summed E-state index contributed by atoms with van der Waals surface area (Å²) >= 11 is 0. The maximum absolute atomic E-state index is 12.0. The summed E-state index contributed by atoms with van der Waals surface area (Å²) in [6.45, 7) is -0.346. The molecule has 0 spiro atoms. The van der Waals surface area contributed by atoms with Gasteiger partial charge in [-0.25, -0.2) is 12.7 Å². The van der Waals surface area contributed by atoms with Crippen LogP contribution in [0.2, 0.25) is 0 Å². The van der Waals surface area contributed by atoms with Gasteiger partial charge < -0.3 is 10.1 Å². The van der Waals surface area contributed by atoms with Crippen LogP contribution in [0.25, 0.3) is 0 Å². The van der Waals surface area contributed by atoms with Gasteiger partial charge in [-0.1, -0.05) is 32.1 Å². The van der Waals surface area contributed by atoms with Crippen molar-refractivity contribution in [1.82, 2.24) is 4.31 Å². The molecule has 0 aliphatic heterocycles. The molecule has 1 aliphatic rings. The Morgan fingerprint density at radius 3 is 2.33 bits per heavy atom. The highest BCUT2D eigenvalue weighted by atomic mass is 32.2. The van der Waals surface area contributed by atoms with Crippen LogP contribution in [0.1, 0.15) is 44.9 Å². The molecule has 0 bridgehead atoms. The molecular weight excluding hydrogens is 368 g/mol. The summed E-state index contributed by atoms with van der Waals surface area (Å²) < 4.78 is 30.1. The van der Waals surface area contributed by atoms with E-state index in [1.165, 1.54) is 70.5 Å². The van der Waals surface area contributed by atoms with E-state index in [1.807, 2.05) is 0 Å². The molecule has 0 saturated heterocycles. The van der Waals surface area contributed by atoms with E-state index in [-0.39, 0.29) is 17.5 Å². The molecule has 7 nitrogen and oxygen atoms in total. The lowest BCUT2D eigenvalue weighted by atomic mass is 9.86. The number of nitrogens with zero attached hydrogens (tertiary/aromatic N) is 1. The van der Waals surface area contributed by atoms with Gasteiger partial charge in [0.25, 0.3) is 5.91 Å². The first kappa shape index (κ1) is 21.4. The molecule has 0 heterocycles. The van der Waals surface area contributed by atoms with Crippen LogP contribution in [0, 0.1) is 5.92 Å². The molecule has 1 aromatic rings. The second-order valence-electron chi connectivity index (χ2n) is 7.06. The van der Waals surface area contributed by atoms with Gasteiger partial charge in [0, 0.05) is 26.2 Å². The van der Waals surface area contributed by atoms with Crippen LogP contribution in [0.4, 0.5) is 5.69 Å². The van der Waals surface area contributed by atoms with Crippen molar-refractivity contribution in [3.63, 3.8) is 0 Å². The van der Waals surface area contributed by atoms with Crippen LogP contribution < -0.4 is 5.32 Å². The average molecular weight is 397 g/mol. The molecule has 1 aliphatic carbocycles. The van der Waals surface area contributed by atoms with Gasteiger partial charge in [-0.2, -0.15) is 0 Å². The number of hydrogen-bond donors (Lipinski definition) is 1. The molecule has 1 fully saturated rings. The summed E-state index contributed by atoms with van der Waals surface area (Å²) in [5.74, 6) is -0.218. The van der Waals surface area contributed by atoms with Gasteiger partial charge in [-0.15, -0.1) is 0 Å². The molecule has 1 N–H and O–H groups in total. The van der Waals surface area contributed by atoms with Gasteiger partial charge in [0.2, 0.25) is 10.0 Å². The minimum absolute atomic E-state index is 0.139. The van der Waals surface area contributed by atoms with Crippen LogP contribution in [0.15, 0.2) is 29.2 Å². The number of carbonyl (C=O) groups is 2. The normalized spacial score (nSPS) is 15.5. The number of amides is 1. The molecular formula is C19H28N2O5S. The minimum Gasteiger partial charge on any atom is -0.456 e. The smallest absolute Gasteiger partial charge is 0.306 e. The van der Waals surface area contributed by atoms with E-state index in [2.05, 4.69) is 5.32 Å². The summed E-state index contributed by atoms with van der Waals surface area (Å²) in [4.78, 5) is 23.8. The number of esters is 1. The van der Waals surface area contributed by atoms with E-state index in [0.29, 0.717) is 18.0 Å². The largest absolute Gasteiger partial charge is 0.456 e. The number of nitrogens with one attached hydrogen (secondary N) is 1. The lowest BCUT2D eigenvalue weighted by Crippen LogP contribution is -2.23. The first-order valence-electron chi connectivity index (χ1n) is 9.27. The lowest BCUT2D eigenvalue weighted by Gasteiger charge is -2.20. The quantitative estimate of drug-likeness (QED) is 0.682. The predicted octanol–water partition coefficient (Wildman–Crippen LogP) is 2.78. The standard InChI is InChI=1S/C19H28N2O5S/c1-21(2)27(24,25)17-11-9-16(10-12-17)20-18(22)14-26-19(23)13-8-15-6-4-3-5-7-15/h9-12,15H,3-8,13-14H2,1-2H3,(H,20,22). The van der Waals surface area contributed by atoms with Crippen LogP contribution in [-0.4, -0.2) is 45.3 Å². The van der Waals surface area contributed by atoms with E-state index in [9.17, 15) is 18.0 Å². The number of carbonyl (C=O) groups excluding carboxylic acids is 2. The zero-order valence-electron chi connectivity index (χ0n) is 15.9. The molecule has 27 heavy (non-hydrogen) atoms. The Bertz CT molecular complexity index is 738. The van der Waals surface area contributed by atoms with Gasteiger partial charge >= 0.3 is 5.97 Å². The maximum Gasteiger partial charge on any atom is 0.306 e. The lowest BCUT2D eigenvalue weighted by molar-refractivity contribution is -0.147. The fourth-order valence-electron chi connectivity index (χ4n) is 3.13. The molecule has 0 radical (unpaired) electrons. The molecule has 2 rings (SSSR count). The Kier molecular flexibility index (Phi) is 7.79. The van der Waals surface area contributed by atoms with Crippen LogP contribution in [-0.2, 0) is 24.3 Å². The first-order chi connectivity index (χ1) is 12.8. The topological polar surface area (TPSA) is 92.8 Å². The fourth-order valence-corrected chi connectivity index (χ4v) is 4.04. The Morgan fingerprint density at radius 2 is 1.74 bits per heavy atom. The Hall–Kier alpha value is -1.93. The second kappa shape index (κ2) is 9.85. The van der Waals surface area contributed by atoms with Crippen molar-refractivity contribution in [2.24, 2.45) is 5.92 Å². The zero-order valence-corrected chi connectivity index (χ0v) is 16.8. The van der Waals surface area contributed by atoms with Crippen molar-refractivity contribution < 1.29 is 22.7 Å². The van der Waals surface area contributed by atoms with Gasteiger partial charge in [0.05, 0.1) is 4.90 Å². The van der Waals surface area contributed by atoms with Crippen molar-refractivity contribution in [3.05, 3.63) is 24.3 Å². The van der Waals surface area contributed by atoms with Gasteiger partial charge in [0.15, 0.2) is 6.61 Å². The monoisotopic (exact) mass is 396 g/mol. The van der Waals surface area contributed by atoms with E-state index >= 15 is 0 Å². The van der Waals surface area contributed by atoms with Crippen molar-refractivity contribution >= 4 is 27.6 Å². The SMILES string of the molecule is CN(C)S(=O)(=O)c1ccc(NC(=O)COC(=O)CCC2CCCCC2)cc1. The third-order valence-corrected chi connectivity index (χ3v) is 6.59. The highest BCUT2D eigenvalue weighted by Crippen LogP contribution is 2.27. The zero-order chi connectivity index (χ0) is 19.9. The van der Waals surface area contributed by atoms with E-state index in [1.54, 1.807) is 0 Å². The van der Waals surface area contributed by atoms with E-state index < -0.39 is 15.9 Å². The summed E-state index contributed by atoms with van der Waals surface area (Å²) in [6, 6.07) is 5.83. The molecule has 150 valence electrons. The van der Waals surface area contributed by atoms with E-state index in [4.69, 9.17) is 4.74 Å². The molecule has 8 heteroatoms. The van der Waals surface area contributed by atoms with Crippen LogP contribution in [0.3, 0.4) is 0 Å². The maximum atomic E-state index is 12.0. The summed E-state index contributed by atoms with van der Waals surface area (Å²) in [5, 5.41) is 2.59. The number of benzene rings is 1. The van der Waals surface area contributed by atoms with Crippen LogP contribution in [0.5, 0.6) is 0 Å². The number of ether oxygens (including phenoxy) is 1. The van der Waals surface area contributed by atoms with Crippen molar-refractivity contribution in [2.45, 2.75) is 49.8 Å². The van der Waals surface area contributed by atoms with Crippen molar-refractivity contribution in [3.8, 4) is 0 Å². The number of hydrogen-bond acceptors (Lipinski definition) is 5. The molecule has 0 atom stereocenters. The minimum atomic E-state index is -3.51. The number of rotatable bonds is 8. The Labute approximate surface area is 161 Å². The van der Waals surface area contributed by atoms with Crippen molar-refractivity contribution in [2.75, 3.05) is 26.0 Å². The third-order valence-electron chi connectivity index (χ3n) is 4.76. The predicted molar refractivity (Wildman–Crippen MR) is 103 cm³/mol. The number of anilines is 1. The highest BCUT2D eigenvalue weighted by molar-refractivity contribution is 7.89. The Morgan fingerprint density at radius 1 is 1.11 bits per heavy atom. The molecule has 0 aromatic heterocycles. The first-order valence-corrected chi connectivity index (χ1v) is 10.7. The summed E-state index contributed by atoms with van der Waals surface area (Å²) in [7, 11) is -0.604. The van der Waals surface area contributed by atoms with Gasteiger partial charge in [-0.05, 0) is 36.6 Å². The molecule has 1 amide bonds.